The second-order valence-corrected chi connectivity index (χ2v) is 6.06. The zero-order valence-corrected chi connectivity index (χ0v) is 11.5. The monoisotopic (exact) mass is 247 g/mol. The van der Waals surface area contributed by atoms with E-state index in [2.05, 4.69) is 28.0 Å². The van der Waals surface area contributed by atoms with Crippen molar-refractivity contribution in [3.05, 3.63) is 12.4 Å². The molecule has 100 valence electrons. The Balaban J connectivity index is 1.74. The van der Waals surface area contributed by atoms with Crippen LogP contribution in [0.15, 0.2) is 12.4 Å². The van der Waals surface area contributed by atoms with E-state index in [-0.39, 0.29) is 0 Å². The summed E-state index contributed by atoms with van der Waals surface area (Å²) in [4.78, 5) is 4.56. The SMILES string of the molecule is CCC1(Nc2nccn2C2CCCCC2)CCC1. The summed E-state index contributed by atoms with van der Waals surface area (Å²) in [6, 6.07) is 0.678. The molecule has 0 aliphatic heterocycles. The molecule has 3 rings (SSSR count). The van der Waals surface area contributed by atoms with Gasteiger partial charge in [-0.15, -0.1) is 0 Å². The van der Waals surface area contributed by atoms with Crippen molar-refractivity contribution >= 4 is 5.95 Å². The Labute approximate surface area is 110 Å². The second-order valence-electron chi connectivity index (χ2n) is 6.06. The zero-order chi connectivity index (χ0) is 12.4. The summed E-state index contributed by atoms with van der Waals surface area (Å²) in [6.07, 6.45) is 16.1. The van der Waals surface area contributed by atoms with Crippen LogP contribution in [0.2, 0.25) is 0 Å². The molecule has 2 fully saturated rings. The van der Waals surface area contributed by atoms with Gasteiger partial charge in [0.1, 0.15) is 0 Å². The summed E-state index contributed by atoms with van der Waals surface area (Å²) in [5.74, 6) is 1.11. The number of hydrogen-bond acceptors (Lipinski definition) is 2. The number of imidazole rings is 1. The third-order valence-corrected chi connectivity index (χ3v) is 5.00. The fraction of sp³-hybridized carbons (Fsp3) is 0.800. The summed E-state index contributed by atoms with van der Waals surface area (Å²) in [5.41, 5.74) is 0.345. The Hall–Kier alpha value is -0.990. The Bertz CT molecular complexity index is 381. The third kappa shape index (κ3) is 2.15. The molecule has 18 heavy (non-hydrogen) atoms. The van der Waals surface area contributed by atoms with Crippen LogP contribution in [-0.4, -0.2) is 15.1 Å². The molecule has 3 nitrogen and oxygen atoms in total. The van der Waals surface area contributed by atoms with Crippen molar-refractivity contribution in [3.63, 3.8) is 0 Å². The highest BCUT2D eigenvalue weighted by Crippen LogP contribution is 2.38. The van der Waals surface area contributed by atoms with Crippen LogP contribution in [0.3, 0.4) is 0 Å². The molecule has 1 aromatic heterocycles. The minimum atomic E-state index is 0.345. The molecule has 0 bridgehead atoms. The second kappa shape index (κ2) is 4.94. The van der Waals surface area contributed by atoms with Crippen molar-refractivity contribution in [2.45, 2.75) is 76.3 Å². The molecule has 3 heteroatoms. The minimum Gasteiger partial charge on any atom is -0.350 e. The molecule has 0 radical (unpaired) electrons. The highest BCUT2D eigenvalue weighted by Gasteiger charge is 2.36. The number of nitrogens with zero attached hydrogens (tertiary/aromatic N) is 2. The molecule has 0 unspecified atom stereocenters. The van der Waals surface area contributed by atoms with Crippen molar-refractivity contribution in [2.75, 3.05) is 5.32 Å². The average Bonchev–Trinajstić information content (AvgIpc) is 2.83. The van der Waals surface area contributed by atoms with Gasteiger partial charge in [-0.2, -0.15) is 0 Å². The van der Waals surface area contributed by atoms with Crippen LogP contribution in [0.4, 0.5) is 5.95 Å². The van der Waals surface area contributed by atoms with Crippen LogP contribution in [0.1, 0.15) is 70.8 Å². The van der Waals surface area contributed by atoms with Crippen LogP contribution in [-0.2, 0) is 0 Å². The number of aromatic nitrogens is 2. The topological polar surface area (TPSA) is 29.9 Å². The van der Waals surface area contributed by atoms with Crippen LogP contribution >= 0.6 is 0 Å². The first-order valence-electron chi connectivity index (χ1n) is 7.64. The molecule has 0 aromatic carbocycles. The number of rotatable bonds is 4. The van der Waals surface area contributed by atoms with E-state index in [1.807, 2.05) is 6.20 Å². The predicted octanol–water partition coefficient (Wildman–Crippen LogP) is 4.13. The number of anilines is 1. The fourth-order valence-electron chi connectivity index (χ4n) is 3.47. The van der Waals surface area contributed by atoms with E-state index in [0.717, 1.165) is 5.95 Å². The van der Waals surface area contributed by atoms with Crippen molar-refractivity contribution in [1.29, 1.82) is 0 Å². The molecule has 2 aliphatic rings. The van der Waals surface area contributed by atoms with Gasteiger partial charge in [-0.3, -0.25) is 0 Å². The maximum atomic E-state index is 4.56. The molecule has 0 atom stereocenters. The van der Waals surface area contributed by atoms with Gasteiger partial charge in [-0.25, -0.2) is 4.98 Å². The van der Waals surface area contributed by atoms with Crippen LogP contribution in [0, 0.1) is 0 Å². The first-order valence-corrected chi connectivity index (χ1v) is 7.64. The Kier molecular flexibility index (Phi) is 3.31. The Morgan fingerprint density at radius 3 is 2.67 bits per heavy atom. The highest BCUT2D eigenvalue weighted by atomic mass is 15.2. The van der Waals surface area contributed by atoms with E-state index in [9.17, 15) is 0 Å². The van der Waals surface area contributed by atoms with E-state index in [1.165, 1.54) is 57.8 Å². The molecular weight excluding hydrogens is 222 g/mol. The summed E-state index contributed by atoms with van der Waals surface area (Å²) in [6.45, 7) is 2.29. The lowest BCUT2D eigenvalue weighted by Crippen LogP contribution is -2.45. The van der Waals surface area contributed by atoms with Gasteiger partial charge in [0.05, 0.1) is 0 Å². The van der Waals surface area contributed by atoms with Crippen LogP contribution < -0.4 is 5.32 Å². The van der Waals surface area contributed by atoms with E-state index in [1.54, 1.807) is 0 Å². The fourth-order valence-corrected chi connectivity index (χ4v) is 3.47. The normalized spacial score (nSPS) is 23.6. The minimum absolute atomic E-state index is 0.345. The smallest absolute Gasteiger partial charge is 0.203 e. The van der Waals surface area contributed by atoms with Gasteiger partial charge in [0, 0.05) is 24.0 Å². The maximum Gasteiger partial charge on any atom is 0.203 e. The first-order chi connectivity index (χ1) is 8.83. The summed E-state index contributed by atoms with van der Waals surface area (Å²) in [7, 11) is 0. The van der Waals surface area contributed by atoms with Gasteiger partial charge in [0.15, 0.2) is 0 Å². The van der Waals surface area contributed by atoms with Crippen LogP contribution in [0.5, 0.6) is 0 Å². The lowest BCUT2D eigenvalue weighted by Gasteiger charge is -2.42. The van der Waals surface area contributed by atoms with Gasteiger partial charge in [0.25, 0.3) is 0 Å². The van der Waals surface area contributed by atoms with Crippen molar-refractivity contribution in [3.8, 4) is 0 Å². The van der Waals surface area contributed by atoms with Gasteiger partial charge >= 0.3 is 0 Å². The summed E-state index contributed by atoms with van der Waals surface area (Å²) in [5, 5.41) is 3.74. The van der Waals surface area contributed by atoms with Gasteiger partial charge in [-0.1, -0.05) is 26.2 Å². The third-order valence-electron chi connectivity index (χ3n) is 5.00. The highest BCUT2D eigenvalue weighted by molar-refractivity contribution is 5.33. The molecule has 1 heterocycles. The quantitative estimate of drug-likeness (QED) is 0.867. The van der Waals surface area contributed by atoms with Gasteiger partial charge < -0.3 is 9.88 Å². The first kappa shape index (κ1) is 12.1. The van der Waals surface area contributed by atoms with E-state index >= 15 is 0 Å². The van der Waals surface area contributed by atoms with Crippen LogP contribution in [0.25, 0.3) is 0 Å². The van der Waals surface area contributed by atoms with Gasteiger partial charge in [-0.05, 0) is 38.5 Å². The molecule has 2 saturated carbocycles. The largest absolute Gasteiger partial charge is 0.350 e. The predicted molar refractivity (Wildman–Crippen MR) is 74.8 cm³/mol. The zero-order valence-electron chi connectivity index (χ0n) is 11.5. The Morgan fingerprint density at radius 2 is 2.06 bits per heavy atom. The van der Waals surface area contributed by atoms with Crippen molar-refractivity contribution in [1.82, 2.24) is 9.55 Å². The van der Waals surface area contributed by atoms with E-state index in [0.29, 0.717) is 11.6 Å². The molecule has 0 saturated heterocycles. The molecule has 1 aromatic rings. The number of nitrogens with one attached hydrogen (secondary N) is 1. The molecule has 0 spiro atoms. The van der Waals surface area contributed by atoms with Crippen molar-refractivity contribution < 1.29 is 0 Å². The summed E-state index contributed by atoms with van der Waals surface area (Å²) >= 11 is 0. The standard InChI is InChI=1S/C15H25N3/c1-2-15(9-6-10-15)17-14-16-11-12-18(14)13-7-4-3-5-8-13/h11-13H,2-10H2,1H3,(H,16,17). The molecule has 1 N–H and O–H groups in total. The van der Waals surface area contributed by atoms with Gasteiger partial charge in [0.2, 0.25) is 5.95 Å². The van der Waals surface area contributed by atoms with E-state index in [4.69, 9.17) is 0 Å². The molecular formula is C15H25N3. The maximum absolute atomic E-state index is 4.56. The lowest BCUT2D eigenvalue weighted by molar-refractivity contribution is 0.264. The molecule has 2 aliphatic carbocycles. The Morgan fingerprint density at radius 1 is 1.28 bits per heavy atom. The summed E-state index contributed by atoms with van der Waals surface area (Å²) < 4.78 is 2.40. The molecule has 0 amide bonds. The van der Waals surface area contributed by atoms with E-state index < -0.39 is 0 Å². The average molecular weight is 247 g/mol. The lowest BCUT2D eigenvalue weighted by atomic mass is 9.75. The van der Waals surface area contributed by atoms with Crippen molar-refractivity contribution in [2.24, 2.45) is 0 Å². The number of hydrogen-bond donors (Lipinski definition) is 1.